The van der Waals surface area contributed by atoms with Crippen LogP contribution in [-0.2, 0) is 6.54 Å². The SMILES string of the molecule is CCNC(=S)NN=C[C@@H]1CCCN1Cc1ccc(Cl)cc1. The standard InChI is InChI=1S/C15H21ClN4S/c1-2-17-15(21)19-18-10-14-4-3-9-20(14)11-12-5-7-13(16)8-6-12/h5-8,10,14H,2-4,9,11H2,1H3,(H2,17,19,21)/t14-/m0/s1. The molecule has 0 amide bonds. The summed E-state index contributed by atoms with van der Waals surface area (Å²) < 4.78 is 0. The summed E-state index contributed by atoms with van der Waals surface area (Å²) in [5.74, 6) is 0. The van der Waals surface area contributed by atoms with E-state index in [1.807, 2.05) is 25.3 Å². The number of hydrazone groups is 1. The Morgan fingerprint density at radius 1 is 1.48 bits per heavy atom. The number of halogens is 1. The first-order valence-electron chi connectivity index (χ1n) is 7.24. The van der Waals surface area contributed by atoms with Gasteiger partial charge in [-0.25, -0.2) is 0 Å². The van der Waals surface area contributed by atoms with E-state index in [0.717, 1.165) is 31.1 Å². The molecule has 1 aromatic carbocycles. The van der Waals surface area contributed by atoms with Crippen molar-refractivity contribution in [2.24, 2.45) is 5.10 Å². The second-order valence-electron chi connectivity index (χ2n) is 5.06. The van der Waals surface area contributed by atoms with Gasteiger partial charge in [-0.1, -0.05) is 23.7 Å². The van der Waals surface area contributed by atoms with Gasteiger partial charge in [-0.15, -0.1) is 0 Å². The van der Waals surface area contributed by atoms with Crippen LogP contribution >= 0.6 is 23.8 Å². The average Bonchev–Trinajstić information content (AvgIpc) is 2.89. The van der Waals surface area contributed by atoms with Crippen molar-refractivity contribution in [2.75, 3.05) is 13.1 Å². The van der Waals surface area contributed by atoms with E-state index < -0.39 is 0 Å². The van der Waals surface area contributed by atoms with E-state index in [0.29, 0.717) is 11.2 Å². The Balaban J connectivity index is 1.86. The number of likely N-dealkylation sites (tertiary alicyclic amines) is 1. The summed E-state index contributed by atoms with van der Waals surface area (Å²) in [7, 11) is 0. The Morgan fingerprint density at radius 2 is 2.24 bits per heavy atom. The Morgan fingerprint density at radius 3 is 2.95 bits per heavy atom. The lowest BCUT2D eigenvalue weighted by Gasteiger charge is -2.21. The second kappa shape index (κ2) is 8.32. The van der Waals surface area contributed by atoms with Crippen molar-refractivity contribution in [3.05, 3.63) is 34.9 Å². The zero-order valence-corrected chi connectivity index (χ0v) is 13.8. The van der Waals surface area contributed by atoms with Crippen molar-refractivity contribution in [3.63, 3.8) is 0 Å². The Labute approximate surface area is 136 Å². The fourth-order valence-electron chi connectivity index (χ4n) is 2.42. The maximum atomic E-state index is 5.92. The van der Waals surface area contributed by atoms with Crippen molar-refractivity contribution in [3.8, 4) is 0 Å². The van der Waals surface area contributed by atoms with Crippen LogP contribution in [0.25, 0.3) is 0 Å². The molecule has 0 aliphatic carbocycles. The number of benzene rings is 1. The maximum Gasteiger partial charge on any atom is 0.186 e. The Hall–Kier alpha value is -1.17. The van der Waals surface area contributed by atoms with E-state index in [1.54, 1.807) is 0 Å². The lowest BCUT2D eigenvalue weighted by atomic mass is 10.2. The quantitative estimate of drug-likeness (QED) is 0.496. The molecule has 1 aliphatic rings. The zero-order chi connectivity index (χ0) is 15.1. The molecule has 114 valence electrons. The lowest BCUT2D eigenvalue weighted by molar-refractivity contribution is 0.297. The van der Waals surface area contributed by atoms with E-state index >= 15 is 0 Å². The number of rotatable bonds is 5. The molecule has 21 heavy (non-hydrogen) atoms. The third-order valence-electron chi connectivity index (χ3n) is 3.46. The highest BCUT2D eigenvalue weighted by molar-refractivity contribution is 7.80. The summed E-state index contributed by atoms with van der Waals surface area (Å²) in [6.45, 7) is 4.82. The molecule has 1 atom stereocenters. The van der Waals surface area contributed by atoms with Gasteiger partial charge in [-0.2, -0.15) is 5.10 Å². The van der Waals surface area contributed by atoms with E-state index in [4.69, 9.17) is 23.8 Å². The van der Waals surface area contributed by atoms with E-state index in [1.165, 1.54) is 12.0 Å². The normalized spacial score (nSPS) is 19.0. The first kappa shape index (κ1) is 16.2. The van der Waals surface area contributed by atoms with Gasteiger partial charge in [0.15, 0.2) is 5.11 Å². The van der Waals surface area contributed by atoms with E-state index in [2.05, 4.69) is 32.9 Å². The van der Waals surface area contributed by atoms with Gasteiger partial charge >= 0.3 is 0 Å². The highest BCUT2D eigenvalue weighted by atomic mass is 35.5. The van der Waals surface area contributed by atoms with Gasteiger partial charge in [0.1, 0.15) is 0 Å². The number of nitrogens with one attached hydrogen (secondary N) is 2. The minimum Gasteiger partial charge on any atom is -0.362 e. The molecule has 2 N–H and O–H groups in total. The molecule has 0 radical (unpaired) electrons. The van der Waals surface area contributed by atoms with Crippen molar-refractivity contribution < 1.29 is 0 Å². The molecule has 1 fully saturated rings. The third kappa shape index (κ3) is 5.26. The number of hydrogen-bond donors (Lipinski definition) is 2. The van der Waals surface area contributed by atoms with Crippen molar-refractivity contribution in [2.45, 2.75) is 32.4 Å². The largest absolute Gasteiger partial charge is 0.362 e. The molecule has 0 unspecified atom stereocenters. The van der Waals surface area contributed by atoms with E-state index in [9.17, 15) is 0 Å². The van der Waals surface area contributed by atoms with Crippen molar-refractivity contribution in [1.82, 2.24) is 15.6 Å². The summed E-state index contributed by atoms with van der Waals surface area (Å²) in [5.41, 5.74) is 4.12. The molecule has 1 heterocycles. The molecule has 0 saturated carbocycles. The van der Waals surface area contributed by atoms with Crippen molar-refractivity contribution in [1.29, 1.82) is 0 Å². The fourth-order valence-corrected chi connectivity index (χ4v) is 2.75. The molecule has 1 aliphatic heterocycles. The van der Waals surface area contributed by atoms with Gasteiger partial charge in [0, 0.05) is 30.4 Å². The summed E-state index contributed by atoms with van der Waals surface area (Å²) in [6, 6.07) is 8.39. The van der Waals surface area contributed by atoms with Crippen LogP contribution < -0.4 is 10.7 Å². The summed E-state index contributed by atoms with van der Waals surface area (Å²) in [5, 5.41) is 8.59. The monoisotopic (exact) mass is 324 g/mol. The molecule has 0 bridgehead atoms. The van der Waals surface area contributed by atoms with Crippen LogP contribution in [0.3, 0.4) is 0 Å². The van der Waals surface area contributed by atoms with Crippen LogP contribution in [0.15, 0.2) is 29.4 Å². The first-order chi connectivity index (χ1) is 10.2. The summed E-state index contributed by atoms with van der Waals surface area (Å²) in [6.07, 6.45) is 4.28. The smallest absolute Gasteiger partial charge is 0.186 e. The Bertz CT molecular complexity index is 489. The zero-order valence-electron chi connectivity index (χ0n) is 12.2. The lowest BCUT2D eigenvalue weighted by Crippen LogP contribution is -2.34. The number of hydrogen-bond acceptors (Lipinski definition) is 3. The highest BCUT2D eigenvalue weighted by Crippen LogP contribution is 2.19. The maximum absolute atomic E-state index is 5.92. The minimum absolute atomic E-state index is 0.359. The molecule has 4 nitrogen and oxygen atoms in total. The van der Waals surface area contributed by atoms with Crippen molar-refractivity contribution >= 4 is 35.1 Å². The first-order valence-corrected chi connectivity index (χ1v) is 8.03. The average molecular weight is 325 g/mol. The summed E-state index contributed by atoms with van der Waals surface area (Å²) in [4.78, 5) is 2.42. The van der Waals surface area contributed by atoms with Crippen LogP contribution in [0.5, 0.6) is 0 Å². The minimum atomic E-state index is 0.359. The Kier molecular flexibility index (Phi) is 6.42. The molecule has 1 saturated heterocycles. The molecular weight excluding hydrogens is 304 g/mol. The van der Waals surface area contributed by atoms with Gasteiger partial charge in [0.2, 0.25) is 0 Å². The van der Waals surface area contributed by atoms with Gasteiger partial charge in [-0.3, -0.25) is 10.3 Å². The molecule has 0 aromatic heterocycles. The van der Waals surface area contributed by atoms with Gasteiger partial charge < -0.3 is 5.32 Å². The second-order valence-corrected chi connectivity index (χ2v) is 5.90. The van der Waals surface area contributed by atoms with Crippen LogP contribution in [0.1, 0.15) is 25.3 Å². The van der Waals surface area contributed by atoms with Gasteiger partial charge in [-0.05, 0) is 56.2 Å². The predicted molar refractivity (Wildman–Crippen MR) is 92.8 cm³/mol. The molecular formula is C15H21ClN4S. The molecule has 0 spiro atoms. The molecule has 6 heteroatoms. The highest BCUT2D eigenvalue weighted by Gasteiger charge is 2.22. The van der Waals surface area contributed by atoms with Crippen LogP contribution in [0.2, 0.25) is 5.02 Å². The van der Waals surface area contributed by atoms with Gasteiger partial charge in [0.05, 0.1) is 0 Å². The number of thiocarbonyl (C=S) groups is 1. The van der Waals surface area contributed by atoms with E-state index in [-0.39, 0.29) is 0 Å². The molecule has 2 rings (SSSR count). The summed E-state index contributed by atoms with van der Waals surface area (Å²) >= 11 is 11.0. The van der Waals surface area contributed by atoms with Crippen LogP contribution in [-0.4, -0.2) is 35.4 Å². The number of nitrogens with zero attached hydrogens (tertiary/aromatic N) is 2. The molecule has 1 aromatic rings. The fraction of sp³-hybridized carbons (Fsp3) is 0.467. The predicted octanol–water partition coefficient (Wildman–Crippen LogP) is 2.77. The van der Waals surface area contributed by atoms with Crippen LogP contribution in [0.4, 0.5) is 0 Å². The third-order valence-corrected chi connectivity index (χ3v) is 3.95. The van der Waals surface area contributed by atoms with Gasteiger partial charge in [0.25, 0.3) is 0 Å². The topological polar surface area (TPSA) is 39.7 Å². The van der Waals surface area contributed by atoms with Crippen LogP contribution in [0, 0.1) is 0 Å².